The summed E-state index contributed by atoms with van der Waals surface area (Å²) in [7, 11) is -2.16. The van der Waals surface area contributed by atoms with E-state index in [0.717, 1.165) is 16.3 Å². The highest BCUT2D eigenvalue weighted by Gasteiger charge is 2.45. The van der Waals surface area contributed by atoms with Gasteiger partial charge in [0.2, 0.25) is 0 Å². The normalized spacial score (nSPS) is 15.8. The molecule has 0 spiro atoms. The summed E-state index contributed by atoms with van der Waals surface area (Å²) in [6.45, 7) is 10.9. The van der Waals surface area contributed by atoms with Crippen molar-refractivity contribution in [2.45, 2.75) is 38.9 Å². The van der Waals surface area contributed by atoms with Crippen LogP contribution in [0, 0.1) is 0 Å². The molecular weight excluding hydrogens is 348 g/mol. The van der Waals surface area contributed by atoms with Crippen molar-refractivity contribution in [2.75, 3.05) is 0 Å². The molecule has 0 heterocycles. The van der Waals surface area contributed by atoms with E-state index >= 15 is 0 Å². The Morgan fingerprint density at radius 2 is 1.15 bits per heavy atom. The molecule has 0 aromatic heterocycles. The van der Waals surface area contributed by atoms with Gasteiger partial charge in [0.1, 0.15) is 0 Å². The van der Waals surface area contributed by atoms with Crippen LogP contribution < -0.4 is 0 Å². The van der Waals surface area contributed by atoms with Crippen LogP contribution in [0.15, 0.2) is 71.9 Å². The summed E-state index contributed by atoms with van der Waals surface area (Å²) in [5, 5.41) is 0.694. The predicted molar refractivity (Wildman–Crippen MR) is 115 cm³/mol. The quantitative estimate of drug-likeness (QED) is 0.508. The molecule has 1 aliphatic rings. The molecule has 1 aliphatic carbocycles. The van der Waals surface area contributed by atoms with Crippen molar-refractivity contribution >= 4 is 30.8 Å². The van der Waals surface area contributed by atoms with Crippen LogP contribution in [0.3, 0.4) is 0 Å². The van der Waals surface area contributed by atoms with Crippen molar-refractivity contribution in [1.82, 2.24) is 0 Å². The van der Waals surface area contributed by atoms with Crippen LogP contribution in [0.25, 0.3) is 11.1 Å². The van der Waals surface area contributed by atoms with Gasteiger partial charge < -0.3 is 0 Å². The Kier molecular flexibility index (Phi) is 4.91. The second kappa shape index (κ2) is 6.89. The molecule has 0 amide bonds. The van der Waals surface area contributed by atoms with Crippen LogP contribution in [0.5, 0.6) is 0 Å². The summed E-state index contributed by atoms with van der Waals surface area (Å²) in [4.78, 5) is 26.9. The van der Waals surface area contributed by atoms with Gasteiger partial charge in [-0.3, -0.25) is 9.59 Å². The number of carbonyl (C=O) groups is 2. The first-order valence-electron chi connectivity index (χ1n) is 9.31. The molecule has 0 saturated heterocycles. The molecule has 0 radical (unpaired) electrons. The van der Waals surface area contributed by atoms with E-state index in [1.165, 1.54) is 0 Å². The Bertz CT molecular complexity index is 943. The van der Waals surface area contributed by atoms with E-state index in [1.54, 1.807) is 6.08 Å². The molecule has 0 N–H and O–H groups in total. The van der Waals surface area contributed by atoms with Gasteiger partial charge in [-0.05, 0) is 27.4 Å². The maximum atomic E-state index is 13.7. The third-order valence-electron chi connectivity index (χ3n) is 5.92. The molecule has 27 heavy (non-hydrogen) atoms. The van der Waals surface area contributed by atoms with E-state index in [1.807, 2.05) is 60.7 Å². The van der Waals surface area contributed by atoms with Gasteiger partial charge in [-0.2, -0.15) is 0 Å². The summed E-state index contributed by atoms with van der Waals surface area (Å²) in [6.07, 6.45) is 1.62. The van der Waals surface area contributed by atoms with Gasteiger partial charge in [-0.1, -0.05) is 94.5 Å². The Morgan fingerprint density at radius 1 is 0.704 bits per heavy atom. The zero-order valence-corrected chi connectivity index (χ0v) is 17.7. The van der Waals surface area contributed by atoms with Crippen molar-refractivity contribution in [2.24, 2.45) is 0 Å². The summed E-state index contributed by atoms with van der Waals surface area (Å²) < 4.78 is 0. The maximum absolute atomic E-state index is 13.7. The topological polar surface area (TPSA) is 34.1 Å². The maximum Gasteiger partial charge on any atom is 0.187 e. The fourth-order valence-corrected chi connectivity index (χ4v) is 5.27. The van der Waals surface area contributed by atoms with Crippen LogP contribution in [0.4, 0.5) is 0 Å². The minimum absolute atomic E-state index is 0.00578. The smallest absolute Gasteiger partial charge is 0.187 e. The second-order valence-corrected chi connectivity index (χ2v) is 13.9. The third-order valence-corrected chi connectivity index (χ3v) is 11.4. The van der Waals surface area contributed by atoms with E-state index in [2.05, 4.69) is 33.9 Å². The van der Waals surface area contributed by atoms with E-state index in [0.29, 0.717) is 11.1 Å². The number of hydrogen-bond donors (Lipinski definition) is 0. The molecule has 138 valence electrons. The van der Waals surface area contributed by atoms with Gasteiger partial charge in [0.05, 0.1) is 8.07 Å². The first kappa shape index (κ1) is 19.2. The SMILES string of the molecule is CC(C)(C)[Si](C)(C)C1=CC(=O)C(c2ccccc2)=C(c2ccccc2)C1=O. The summed E-state index contributed by atoms with van der Waals surface area (Å²) in [6, 6.07) is 19.1. The van der Waals surface area contributed by atoms with Crippen molar-refractivity contribution in [3.63, 3.8) is 0 Å². The predicted octanol–water partition coefficient (Wildman–Crippen LogP) is 5.72. The monoisotopic (exact) mass is 374 g/mol. The van der Waals surface area contributed by atoms with Gasteiger partial charge in [0.15, 0.2) is 11.6 Å². The van der Waals surface area contributed by atoms with Crippen LogP contribution >= 0.6 is 0 Å². The highest BCUT2D eigenvalue weighted by Crippen LogP contribution is 2.45. The lowest BCUT2D eigenvalue weighted by Crippen LogP contribution is -2.44. The molecule has 2 nitrogen and oxygen atoms in total. The summed E-state index contributed by atoms with van der Waals surface area (Å²) >= 11 is 0. The van der Waals surface area contributed by atoms with E-state index in [9.17, 15) is 9.59 Å². The van der Waals surface area contributed by atoms with Gasteiger partial charge in [-0.25, -0.2) is 0 Å². The first-order chi connectivity index (χ1) is 12.6. The average Bonchev–Trinajstić information content (AvgIpc) is 2.63. The number of allylic oxidation sites excluding steroid dienone is 4. The second-order valence-electron chi connectivity index (χ2n) is 8.61. The Balaban J connectivity index is 2.26. The summed E-state index contributed by atoms with van der Waals surface area (Å²) in [5.41, 5.74) is 2.64. The molecule has 2 aromatic carbocycles. The minimum atomic E-state index is -2.16. The Labute approximate surface area is 162 Å². The lowest BCUT2D eigenvalue weighted by molar-refractivity contribution is -0.113. The first-order valence-corrected chi connectivity index (χ1v) is 12.3. The molecule has 0 fully saturated rings. The highest BCUT2D eigenvalue weighted by molar-refractivity contribution is 6.93. The molecule has 0 atom stereocenters. The van der Waals surface area contributed by atoms with Crippen LogP contribution in [0.2, 0.25) is 18.1 Å². The summed E-state index contributed by atoms with van der Waals surface area (Å²) in [5.74, 6) is -0.0641. The van der Waals surface area contributed by atoms with Crippen LogP contribution in [-0.4, -0.2) is 19.6 Å². The number of rotatable bonds is 3. The highest BCUT2D eigenvalue weighted by atomic mass is 28.3. The fraction of sp³-hybridized carbons (Fsp3) is 0.250. The van der Waals surface area contributed by atoms with Crippen molar-refractivity contribution < 1.29 is 9.59 Å². The van der Waals surface area contributed by atoms with Gasteiger partial charge in [0, 0.05) is 11.1 Å². The van der Waals surface area contributed by atoms with Gasteiger partial charge in [0.25, 0.3) is 0 Å². The standard InChI is InChI=1S/C24H26O2Si/c1-24(2,3)27(4,5)20-16-19(25)21(17-12-8-6-9-13-17)22(23(20)26)18-14-10-7-11-15-18/h6-16H,1-5H3. The molecule has 2 aromatic rings. The van der Waals surface area contributed by atoms with E-state index in [-0.39, 0.29) is 16.6 Å². The Hall–Kier alpha value is -2.52. The third kappa shape index (κ3) is 3.40. The van der Waals surface area contributed by atoms with Crippen LogP contribution in [0.1, 0.15) is 31.9 Å². The Morgan fingerprint density at radius 3 is 1.59 bits per heavy atom. The lowest BCUT2D eigenvalue weighted by atomic mass is 9.85. The van der Waals surface area contributed by atoms with Crippen molar-refractivity contribution in [3.05, 3.63) is 83.1 Å². The molecule has 0 aliphatic heterocycles. The number of hydrogen-bond acceptors (Lipinski definition) is 2. The van der Waals surface area contributed by atoms with E-state index < -0.39 is 8.07 Å². The zero-order valence-electron chi connectivity index (χ0n) is 16.7. The number of benzene rings is 2. The zero-order chi connectivity index (χ0) is 19.8. The minimum Gasteiger partial charge on any atom is -0.289 e. The largest absolute Gasteiger partial charge is 0.289 e. The fourth-order valence-electron chi connectivity index (χ4n) is 3.28. The molecule has 3 heteroatoms. The molecule has 3 rings (SSSR count). The molecule has 0 bridgehead atoms. The van der Waals surface area contributed by atoms with E-state index in [4.69, 9.17) is 0 Å². The molecule has 0 saturated carbocycles. The van der Waals surface area contributed by atoms with Crippen molar-refractivity contribution in [3.8, 4) is 0 Å². The number of Topliss-reactive ketones (excluding diaryl/α,β-unsaturated/α-hetero) is 1. The lowest BCUT2D eigenvalue weighted by Gasteiger charge is -2.39. The average molecular weight is 375 g/mol. The number of ketones is 2. The van der Waals surface area contributed by atoms with Crippen molar-refractivity contribution in [1.29, 1.82) is 0 Å². The molecular formula is C24H26O2Si. The van der Waals surface area contributed by atoms with Crippen LogP contribution in [-0.2, 0) is 9.59 Å². The van der Waals surface area contributed by atoms with Gasteiger partial charge >= 0.3 is 0 Å². The number of carbonyl (C=O) groups excluding carboxylic acids is 2. The molecule has 0 unspecified atom stereocenters. The van der Waals surface area contributed by atoms with Gasteiger partial charge in [-0.15, -0.1) is 0 Å².